The highest BCUT2D eigenvalue weighted by Crippen LogP contribution is 2.29. The van der Waals surface area contributed by atoms with E-state index in [0.717, 1.165) is 27.9 Å². The minimum absolute atomic E-state index is 0. The van der Waals surface area contributed by atoms with Crippen LogP contribution in [-0.2, 0) is 4.74 Å². The maximum absolute atomic E-state index is 5.51. The Morgan fingerprint density at radius 3 is 2.71 bits per heavy atom. The number of hydrogen-bond acceptors (Lipinski definition) is 6. The van der Waals surface area contributed by atoms with Crippen molar-refractivity contribution in [2.24, 2.45) is 10.2 Å². The quantitative estimate of drug-likeness (QED) is 0.429. The molecule has 0 bridgehead atoms. The second kappa shape index (κ2) is 10.5. The van der Waals surface area contributed by atoms with Gasteiger partial charge in [-0.1, -0.05) is 19.9 Å². The van der Waals surface area contributed by atoms with Crippen LogP contribution in [-0.4, -0.2) is 40.9 Å². The van der Waals surface area contributed by atoms with Gasteiger partial charge in [-0.05, 0) is 50.1 Å². The van der Waals surface area contributed by atoms with E-state index in [9.17, 15) is 0 Å². The SMILES string of the molecule is CC.CN=Nc1ccc(-c2ccn3nc(NCCOC(C)C)ncc23)cc1C.[HH]. The fourth-order valence-corrected chi connectivity index (χ4v) is 2.73. The second-order valence-electron chi connectivity index (χ2n) is 6.29. The van der Waals surface area contributed by atoms with Gasteiger partial charge < -0.3 is 10.1 Å². The highest BCUT2D eigenvalue weighted by Gasteiger charge is 2.09. The van der Waals surface area contributed by atoms with Crippen LogP contribution in [0.3, 0.4) is 0 Å². The Morgan fingerprint density at radius 2 is 2.04 bits per heavy atom. The molecule has 0 fully saturated rings. The number of azo groups is 1. The van der Waals surface area contributed by atoms with E-state index in [4.69, 9.17) is 4.74 Å². The van der Waals surface area contributed by atoms with Crippen LogP contribution in [0.5, 0.6) is 0 Å². The lowest BCUT2D eigenvalue weighted by molar-refractivity contribution is 0.0869. The molecule has 0 radical (unpaired) electrons. The highest BCUT2D eigenvalue weighted by molar-refractivity contribution is 5.81. The van der Waals surface area contributed by atoms with Gasteiger partial charge in [0.1, 0.15) is 0 Å². The van der Waals surface area contributed by atoms with Gasteiger partial charge in [0.2, 0.25) is 5.95 Å². The summed E-state index contributed by atoms with van der Waals surface area (Å²) < 4.78 is 7.35. The topological polar surface area (TPSA) is 76.2 Å². The zero-order chi connectivity index (χ0) is 20.5. The summed E-state index contributed by atoms with van der Waals surface area (Å²) >= 11 is 0. The van der Waals surface area contributed by atoms with E-state index < -0.39 is 0 Å². The van der Waals surface area contributed by atoms with E-state index in [1.165, 1.54) is 0 Å². The van der Waals surface area contributed by atoms with Crippen LogP contribution in [0.1, 0.15) is 34.7 Å². The lowest BCUT2D eigenvalue weighted by Crippen LogP contribution is -2.15. The Kier molecular flexibility index (Phi) is 8.07. The number of nitrogens with one attached hydrogen (secondary N) is 1. The summed E-state index contributed by atoms with van der Waals surface area (Å²) in [6, 6.07) is 8.18. The number of benzene rings is 1. The molecular formula is C21H32N6O. The lowest BCUT2D eigenvalue weighted by atomic mass is 10.0. The van der Waals surface area contributed by atoms with E-state index in [-0.39, 0.29) is 7.53 Å². The van der Waals surface area contributed by atoms with Crippen LogP contribution in [0, 0.1) is 6.92 Å². The highest BCUT2D eigenvalue weighted by atomic mass is 16.5. The maximum Gasteiger partial charge on any atom is 0.241 e. The number of nitrogens with zero attached hydrogens (tertiary/aromatic N) is 5. The first-order valence-corrected chi connectivity index (χ1v) is 9.69. The molecule has 0 aliphatic carbocycles. The van der Waals surface area contributed by atoms with Gasteiger partial charge in [0.05, 0.1) is 30.1 Å². The van der Waals surface area contributed by atoms with Gasteiger partial charge in [0.25, 0.3) is 0 Å². The summed E-state index contributed by atoms with van der Waals surface area (Å²) in [5, 5.41) is 15.7. The van der Waals surface area contributed by atoms with Crippen LogP contribution in [0.2, 0.25) is 0 Å². The van der Waals surface area contributed by atoms with Crippen molar-refractivity contribution in [3.8, 4) is 11.1 Å². The Labute approximate surface area is 168 Å². The Bertz CT molecular complexity index is 923. The van der Waals surface area contributed by atoms with E-state index in [2.05, 4.69) is 31.7 Å². The molecule has 7 nitrogen and oxygen atoms in total. The van der Waals surface area contributed by atoms with Crippen LogP contribution in [0.15, 0.2) is 46.9 Å². The first-order valence-electron chi connectivity index (χ1n) is 9.69. The van der Waals surface area contributed by atoms with Crippen LogP contribution < -0.4 is 5.32 Å². The third-order valence-electron chi connectivity index (χ3n) is 3.97. The number of anilines is 1. The van der Waals surface area contributed by atoms with Gasteiger partial charge in [-0.2, -0.15) is 10.2 Å². The summed E-state index contributed by atoms with van der Waals surface area (Å²) in [5.41, 5.74) is 5.11. The summed E-state index contributed by atoms with van der Waals surface area (Å²) in [6.07, 6.45) is 4.00. The van der Waals surface area contributed by atoms with Gasteiger partial charge in [-0.15, -0.1) is 5.10 Å². The zero-order valence-corrected chi connectivity index (χ0v) is 17.6. The van der Waals surface area contributed by atoms with Crippen molar-refractivity contribution in [3.05, 3.63) is 42.2 Å². The summed E-state index contributed by atoms with van der Waals surface area (Å²) in [5.74, 6) is 0.585. The molecule has 3 aromatic rings. The van der Waals surface area contributed by atoms with Gasteiger partial charge in [-0.25, -0.2) is 9.50 Å². The number of hydrogen-bond donors (Lipinski definition) is 1. The van der Waals surface area contributed by atoms with Gasteiger partial charge in [0.15, 0.2) is 0 Å². The fourth-order valence-electron chi connectivity index (χ4n) is 2.73. The summed E-state index contributed by atoms with van der Waals surface area (Å²) in [6.45, 7) is 11.4. The standard InChI is InChI=1S/C19H24N6O.C2H6.H2/c1-13(2)26-10-8-21-19-22-12-18-16(7-9-25(18)24-19)15-5-6-17(23-20-4)14(3)11-15;1-2;/h5-7,9,11-13H,8,10H2,1-4H3,(H,21,24);1-2H3;1H. The molecule has 0 aliphatic heterocycles. The molecule has 2 heterocycles. The third kappa shape index (κ3) is 5.36. The maximum atomic E-state index is 5.51. The normalized spacial score (nSPS) is 11.1. The van der Waals surface area contributed by atoms with Gasteiger partial charge >= 0.3 is 0 Å². The Morgan fingerprint density at radius 1 is 1.25 bits per heavy atom. The fraction of sp³-hybridized carbons (Fsp3) is 0.429. The van der Waals surface area contributed by atoms with Crippen LogP contribution >= 0.6 is 0 Å². The predicted octanol–water partition coefficient (Wildman–Crippen LogP) is 5.53. The number of ether oxygens (including phenoxy) is 1. The zero-order valence-electron chi connectivity index (χ0n) is 17.6. The van der Waals surface area contributed by atoms with Crippen molar-refractivity contribution in [3.63, 3.8) is 0 Å². The molecule has 0 unspecified atom stereocenters. The smallest absolute Gasteiger partial charge is 0.241 e. The van der Waals surface area contributed by atoms with Gasteiger partial charge in [-0.3, -0.25) is 0 Å². The number of aromatic nitrogens is 3. The molecule has 28 heavy (non-hydrogen) atoms. The largest absolute Gasteiger partial charge is 0.377 e. The van der Waals surface area contributed by atoms with Gasteiger partial charge in [0, 0.05) is 26.8 Å². The van der Waals surface area contributed by atoms with E-state index in [0.29, 0.717) is 19.1 Å². The van der Waals surface area contributed by atoms with Crippen LogP contribution in [0.25, 0.3) is 16.6 Å². The van der Waals surface area contributed by atoms with Crippen molar-refractivity contribution in [2.45, 2.75) is 40.7 Å². The minimum Gasteiger partial charge on any atom is -0.377 e. The van der Waals surface area contributed by atoms with E-state index in [1.54, 1.807) is 7.05 Å². The molecule has 0 atom stereocenters. The average molecular weight is 385 g/mol. The molecule has 0 saturated heterocycles. The van der Waals surface area contributed by atoms with Crippen molar-refractivity contribution in [1.29, 1.82) is 0 Å². The molecule has 0 saturated carbocycles. The van der Waals surface area contributed by atoms with Crippen molar-refractivity contribution in [2.75, 3.05) is 25.5 Å². The minimum atomic E-state index is 0. The number of aryl methyl sites for hydroxylation is 1. The molecule has 0 spiro atoms. The molecule has 0 aliphatic rings. The Balaban J connectivity index is 0.00000136. The molecule has 2 aromatic heterocycles. The van der Waals surface area contributed by atoms with E-state index >= 15 is 0 Å². The molecule has 7 heteroatoms. The van der Waals surface area contributed by atoms with Crippen molar-refractivity contribution in [1.82, 2.24) is 14.6 Å². The first kappa shape index (κ1) is 21.5. The lowest BCUT2D eigenvalue weighted by Gasteiger charge is -2.09. The number of rotatable bonds is 7. The summed E-state index contributed by atoms with van der Waals surface area (Å²) in [7, 11) is 1.67. The monoisotopic (exact) mass is 384 g/mol. The molecule has 0 amide bonds. The molecule has 1 N–H and O–H groups in total. The van der Waals surface area contributed by atoms with E-state index in [1.807, 2.05) is 69.7 Å². The van der Waals surface area contributed by atoms with Crippen molar-refractivity contribution >= 4 is 17.2 Å². The number of fused-ring (bicyclic) bond motifs is 1. The molecule has 152 valence electrons. The first-order chi connectivity index (χ1) is 13.6. The Hall–Kier alpha value is -2.80. The average Bonchev–Trinajstić information content (AvgIpc) is 3.12. The predicted molar refractivity (Wildman–Crippen MR) is 117 cm³/mol. The van der Waals surface area contributed by atoms with Crippen molar-refractivity contribution < 1.29 is 6.16 Å². The summed E-state index contributed by atoms with van der Waals surface area (Å²) in [4.78, 5) is 4.42. The molecule has 1 aromatic carbocycles. The third-order valence-corrected chi connectivity index (χ3v) is 3.97. The molecule has 3 rings (SSSR count). The van der Waals surface area contributed by atoms with Crippen LogP contribution in [0.4, 0.5) is 11.6 Å². The second-order valence-corrected chi connectivity index (χ2v) is 6.29. The molecular weight excluding hydrogens is 352 g/mol.